The normalized spacial score (nSPS) is 14.7. The summed E-state index contributed by atoms with van der Waals surface area (Å²) in [4.78, 5) is 37.7. The quantitative estimate of drug-likeness (QED) is 0.144. The number of aliphatic hydroxyl groups excluding tert-OH is 1. The van der Waals surface area contributed by atoms with E-state index in [0.29, 0.717) is 30.4 Å². The van der Waals surface area contributed by atoms with Crippen LogP contribution < -0.4 is 14.8 Å². The van der Waals surface area contributed by atoms with Crippen molar-refractivity contribution in [2.24, 2.45) is 0 Å². The Morgan fingerprint density at radius 1 is 0.950 bits per heavy atom. The van der Waals surface area contributed by atoms with Gasteiger partial charge in [-0.15, -0.1) is 0 Å². The van der Waals surface area contributed by atoms with Gasteiger partial charge in [0.2, 0.25) is 0 Å². The van der Waals surface area contributed by atoms with Crippen LogP contribution in [0.1, 0.15) is 74.0 Å². The summed E-state index contributed by atoms with van der Waals surface area (Å²) in [5, 5.41) is 13.9. The van der Waals surface area contributed by atoms with Crippen LogP contribution >= 0.6 is 0 Å². The molecular formula is C30H39NO9. The lowest BCUT2D eigenvalue weighted by Gasteiger charge is -2.23. The predicted octanol–water partition coefficient (Wildman–Crippen LogP) is 3.88. The second kappa shape index (κ2) is 14.7. The lowest BCUT2D eigenvalue weighted by molar-refractivity contribution is -0.202. The summed E-state index contributed by atoms with van der Waals surface area (Å²) in [6.07, 6.45) is 2.63. The number of fused-ring (bicyclic) bond motifs is 1. The number of esters is 3. The van der Waals surface area contributed by atoms with E-state index >= 15 is 0 Å². The Bertz CT molecular complexity index is 1140. The SMILES string of the molecule is CCCCOC(=O)C1(C(=O)OCCCC)Oc2ccc(CC(C)NCC(O)c3cccc(C(=O)OC)c3)cc2O1. The van der Waals surface area contributed by atoms with Gasteiger partial charge in [-0.05, 0) is 61.6 Å². The Kier molecular flexibility index (Phi) is 11.3. The molecule has 0 spiro atoms. The van der Waals surface area contributed by atoms with Crippen LogP contribution in [0.2, 0.25) is 0 Å². The number of aliphatic hydroxyl groups is 1. The van der Waals surface area contributed by atoms with Crippen LogP contribution in [-0.4, -0.2) is 61.7 Å². The molecule has 2 aromatic carbocycles. The third kappa shape index (κ3) is 7.73. The maximum atomic E-state index is 13.0. The molecule has 10 nitrogen and oxygen atoms in total. The number of ether oxygens (including phenoxy) is 5. The minimum Gasteiger partial charge on any atom is -0.465 e. The fraction of sp³-hybridized carbons (Fsp3) is 0.500. The summed E-state index contributed by atoms with van der Waals surface area (Å²) < 4.78 is 26.9. The van der Waals surface area contributed by atoms with Gasteiger partial charge in [-0.1, -0.05) is 44.9 Å². The lowest BCUT2D eigenvalue weighted by Crippen LogP contribution is -2.56. The van der Waals surface area contributed by atoms with Crippen LogP contribution in [0, 0.1) is 0 Å². The van der Waals surface area contributed by atoms with Gasteiger partial charge >= 0.3 is 23.7 Å². The molecule has 0 saturated carbocycles. The highest BCUT2D eigenvalue weighted by atomic mass is 16.8. The smallest absolute Gasteiger partial charge is 0.453 e. The molecular weight excluding hydrogens is 518 g/mol. The third-order valence-electron chi connectivity index (χ3n) is 6.41. The molecule has 3 rings (SSSR count). The van der Waals surface area contributed by atoms with E-state index in [1.807, 2.05) is 26.8 Å². The molecule has 0 fully saturated rings. The van der Waals surface area contributed by atoms with E-state index in [9.17, 15) is 19.5 Å². The van der Waals surface area contributed by atoms with Gasteiger partial charge in [0.05, 0.1) is 32.0 Å². The predicted molar refractivity (Wildman–Crippen MR) is 146 cm³/mol. The first-order chi connectivity index (χ1) is 19.2. The van der Waals surface area contributed by atoms with Gasteiger partial charge in [0.15, 0.2) is 11.5 Å². The van der Waals surface area contributed by atoms with E-state index in [0.717, 1.165) is 18.4 Å². The van der Waals surface area contributed by atoms with Crippen LogP contribution in [0.25, 0.3) is 0 Å². The Balaban J connectivity index is 1.64. The van der Waals surface area contributed by atoms with Crippen LogP contribution in [0.3, 0.4) is 0 Å². The van der Waals surface area contributed by atoms with Crippen LogP contribution in [0.15, 0.2) is 42.5 Å². The summed E-state index contributed by atoms with van der Waals surface area (Å²) in [7, 11) is 1.31. The van der Waals surface area contributed by atoms with E-state index in [4.69, 9.17) is 23.7 Å². The highest BCUT2D eigenvalue weighted by molar-refractivity contribution is 6.03. The van der Waals surface area contributed by atoms with Crippen molar-refractivity contribution in [3.63, 3.8) is 0 Å². The molecule has 0 radical (unpaired) electrons. The number of carbonyl (C=O) groups is 3. The summed E-state index contributed by atoms with van der Waals surface area (Å²) in [6.45, 7) is 6.41. The monoisotopic (exact) mass is 557 g/mol. The zero-order valence-electron chi connectivity index (χ0n) is 23.6. The molecule has 0 amide bonds. The highest BCUT2D eigenvalue weighted by Crippen LogP contribution is 2.41. The minimum absolute atomic E-state index is 0.0541. The molecule has 2 unspecified atom stereocenters. The first-order valence-electron chi connectivity index (χ1n) is 13.7. The average molecular weight is 558 g/mol. The van der Waals surface area contributed by atoms with Gasteiger partial charge in [0, 0.05) is 12.6 Å². The molecule has 218 valence electrons. The van der Waals surface area contributed by atoms with Gasteiger partial charge in [0.1, 0.15) is 0 Å². The molecule has 1 aliphatic heterocycles. The number of benzene rings is 2. The van der Waals surface area contributed by atoms with Crippen molar-refractivity contribution in [2.75, 3.05) is 26.9 Å². The maximum absolute atomic E-state index is 13.0. The van der Waals surface area contributed by atoms with Gasteiger partial charge in [-0.2, -0.15) is 0 Å². The van der Waals surface area contributed by atoms with Crippen molar-refractivity contribution in [1.82, 2.24) is 5.32 Å². The zero-order valence-corrected chi connectivity index (χ0v) is 23.6. The summed E-state index contributed by atoms with van der Waals surface area (Å²) in [6, 6.07) is 11.8. The average Bonchev–Trinajstić information content (AvgIpc) is 3.36. The standard InChI is InChI=1S/C30H39NO9/c1-5-7-14-37-28(34)30(29(35)38-15-8-6-2)39-25-13-12-21(17-26(25)40-30)16-20(3)31-19-24(32)22-10-9-11-23(18-22)27(33)36-4/h9-13,17-18,20,24,31-32H,5-8,14-16,19H2,1-4H3. The lowest BCUT2D eigenvalue weighted by atomic mass is 10.0. The maximum Gasteiger partial charge on any atom is 0.453 e. The topological polar surface area (TPSA) is 130 Å². The number of hydrogen-bond donors (Lipinski definition) is 2. The number of unbranched alkanes of at least 4 members (excludes halogenated alkanes) is 2. The summed E-state index contributed by atoms with van der Waals surface area (Å²) in [5.74, 6) is -4.21. The van der Waals surface area contributed by atoms with Crippen molar-refractivity contribution < 1.29 is 43.2 Å². The minimum atomic E-state index is -2.34. The van der Waals surface area contributed by atoms with Crippen LogP contribution in [0.4, 0.5) is 0 Å². The molecule has 0 aromatic heterocycles. The largest absolute Gasteiger partial charge is 0.465 e. The van der Waals surface area contributed by atoms with E-state index in [1.165, 1.54) is 7.11 Å². The van der Waals surface area contributed by atoms with E-state index in [2.05, 4.69) is 5.32 Å². The van der Waals surface area contributed by atoms with E-state index < -0.39 is 29.8 Å². The Morgan fingerprint density at radius 2 is 1.60 bits per heavy atom. The molecule has 10 heteroatoms. The first kappa shape index (κ1) is 30.9. The second-order valence-corrected chi connectivity index (χ2v) is 9.73. The Morgan fingerprint density at radius 3 is 2.23 bits per heavy atom. The van der Waals surface area contributed by atoms with Crippen LogP contribution in [0.5, 0.6) is 11.5 Å². The van der Waals surface area contributed by atoms with Crippen molar-refractivity contribution in [1.29, 1.82) is 0 Å². The van der Waals surface area contributed by atoms with Gasteiger partial charge < -0.3 is 34.1 Å². The number of methoxy groups -OCH3 is 1. The number of rotatable bonds is 15. The van der Waals surface area contributed by atoms with Gasteiger partial charge in [-0.25, -0.2) is 14.4 Å². The van der Waals surface area contributed by atoms with Gasteiger partial charge in [0.25, 0.3) is 0 Å². The fourth-order valence-corrected chi connectivity index (χ4v) is 4.08. The molecule has 0 aliphatic carbocycles. The fourth-order valence-electron chi connectivity index (χ4n) is 4.08. The summed E-state index contributed by atoms with van der Waals surface area (Å²) >= 11 is 0. The zero-order chi connectivity index (χ0) is 29.1. The molecule has 0 bridgehead atoms. The number of carbonyl (C=O) groups excluding carboxylic acids is 3. The molecule has 2 aromatic rings. The number of hydrogen-bond acceptors (Lipinski definition) is 10. The Labute approximate surface area is 234 Å². The van der Waals surface area contributed by atoms with Crippen molar-refractivity contribution >= 4 is 17.9 Å². The molecule has 2 atom stereocenters. The molecule has 0 saturated heterocycles. The molecule has 2 N–H and O–H groups in total. The second-order valence-electron chi connectivity index (χ2n) is 9.73. The van der Waals surface area contributed by atoms with Crippen molar-refractivity contribution in [3.05, 3.63) is 59.2 Å². The molecule has 1 heterocycles. The molecule has 40 heavy (non-hydrogen) atoms. The van der Waals surface area contributed by atoms with E-state index in [1.54, 1.807) is 36.4 Å². The van der Waals surface area contributed by atoms with Crippen molar-refractivity contribution in [3.8, 4) is 11.5 Å². The summed E-state index contributed by atoms with van der Waals surface area (Å²) in [5.41, 5.74) is 1.82. The first-order valence-corrected chi connectivity index (χ1v) is 13.7. The Hall–Kier alpha value is -3.63. The third-order valence-corrected chi connectivity index (χ3v) is 6.41. The van der Waals surface area contributed by atoms with Gasteiger partial charge in [-0.3, -0.25) is 0 Å². The molecule has 1 aliphatic rings. The van der Waals surface area contributed by atoms with Crippen LogP contribution in [-0.2, 0) is 30.2 Å². The highest BCUT2D eigenvalue weighted by Gasteiger charge is 2.59. The number of nitrogens with one attached hydrogen (secondary N) is 1. The van der Waals surface area contributed by atoms with Crippen molar-refractivity contribution in [2.45, 2.75) is 70.8 Å². The van der Waals surface area contributed by atoms with E-state index in [-0.39, 0.29) is 37.3 Å².